The van der Waals surface area contributed by atoms with Crippen LogP contribution in [0.4, 0.5) is 13.2 Å². The van der Waals surface area contributed by atoms with Crippen molar-refractivity contribution in [3.63, 3.8) is 0 Å². The molecule has 1 aromatic rings. The smallest absolute Gasteiger partial charge is 0.422 e. The quantitative estimate of drug-likeness (QED) is 0.888. The zero-order valence-electron chi connectivity index (χ0n) is 10.2. The van der Waals surface area contributed by atoms with Crippen molar-refractivity contribution in [3.05, 3.63) is 27.7 Å². The summed E-state index contributed by atoms with van der Waals surface area (Å²) in [5.41, 5.74) is 1.40. The summed E-state index contributed by atoms with van der Waals surface area (Å²) in [6, 6.07) is 3.50. The molecule has 1 rings (SSSR count). The molecule has 6 heteroatoms. The molecule has 0 saturated carbocycles. The highest BCUT2D eigenvalue weighted by Gasteiger charge is 2.29. The lowest BCUT2D eigenvalue weighted by Crippen LogP contribution is -2.21. The van der Waals surface area contributed by atoms with E-state index in [0.29, 0.717) is 23.4 Å². The third-order valence-electron chi connectivity index (χ3n) is 2.26. The van der Waals surface area contributed by atoms with E-state index >= 15 is 0 Å². The van der Waals surface area contributed by atoms with Gasteiger partial charge in [0.05, 0.1) is 0 Å². The van der Waals surface area contributed by atoms with Crippen LogP contribution in [0.1, 0.15) is 18.1 Å². The molecule has 0 aliphatic heterocycles. The third kappa shape index (κ3) is 4.86. The Morgan fingerprint density at radius 2 is 2.00 bits per heavy atom. The second kappa shape index (κ2) is 6.43. The molecule has 1 N–H and O–H groups in total. The van der Waals surface area contributed by atoms with E-state index in [2.05, 4.69) is 21.2 Å². The Morgan fingerprint density at radius 3 is 2.56 bits per heavy atom. The maximum Gasteiger partial charge on any atom is 0.422 e. The van der Waals surface area contributed by atoms with Crippen LogP contribution in [0.2, 0.25) is 0 Å². The van der Waals surface area contributed by atoms with Crippen molar-refractivity contribution < 1.29 is 17.9 Å². The first kappa shape index (κ1) is 15.3. The minimum Gasteiger partial charge on any atom is -0.484 e. The standard InChI is InChI=1S/C12H15BrF3NO/c1-3-17-6-9-5-10(13)4-8(2)11(9)18-7-12(14,15)16/h4-5,17H,3,6-7H2,1-2H3. The van der Waals surface area contributed by atoms with Crippen molar-refractivity contribution in [2.24, 2.45) is 0 Å². The van der Waals surface area contributed by atoms with Crippen LogP contribution >= 0.6 is 15.9 Å². The first-order valence-corrected chi connectivity index (χ1v) is 6.32. The summed E-state index contributed by atoms with van der Waals surface area (Å²) in [5, 5.41) is 3.07. The van der Waals surface area contributed by atoms with Gasteiger partial charge in [0.2, 0.25) is 0 Å². The third-order valence-corrected chi connectivity index (χ3v) is 2.72. The van der Waals surface area contributed by atoms with Crippen molar-refractivity contribution in [2.75, 3.05) is 13.2 Å². The Balaban J connectivity index is 2.92. The Hall–Kier alpha value is -0.750. The maximum atomic E-state index is 12.2. The van der Waals surface area contributed by atoms with Crippen molar-refractivity contribution in [2.45, 2.75) is 26.6 Å². The van der Waals surface area contributed by atoms with Gasteiger partial charge in [0.25, 0.3) is 0 Å². The monoisotopic (exact) mass is 325 g/mol. The zero-order chi connectivity index (χ0) is 13.8. The summed E-state index contributed by atoms with van der Waals surface area (Å²) >= 11 is 3.32. The molecule has 2 nitrogen and oxygen atoms in total. The first-order chi connectivity index (χ1) is 8.33. The highest BCUT2D eigenvalue weighted by molar-refractivity contribution is 9.10. The van der Waals surface area contributed by atoms with Gasteiger partial charge in [-0.25, -0.2) is 0 Å². The van der Waals surface area contributed by atoms with Gasteiger partial charge in [-0.2, -0.15) is 13.2 Å². The highest BCUT2D eigenvalue weighted by atomic mass is 79.9. The fourth-order valence-electron chi connectivity index (χ4n) is 1.55. The fourth-order valence-corrected chi connectivity index (χ4v) is 2.17. The molecule has 18 heavy (non-hydrogen) atoms. The van der Waals surface area contributed by atoms with E-state index in [-0.39, 0.29) is 0 Å². The van der Waals surface area contributed by atoms with Crippen LogP contribution in [0.15, 0.2) is 16.6 Å². The second-order valence-electron chi connectivity index (χ2n) is 3.90. The lowest BCUT2D eigenvalue weighted by molar-refractivity contribution is -0.153. The number of nitrogens with one attached hydrogen (secondary N) is 1. The van der Waals surface area contributed by atoms with Crippen molar-refractivity contribution in [3.8, 4) is 5.75 Å². The molecule has 0 aliphatic carbocycles. The molecule has 0 amide bonds. The van der Waals surface area contributed by atoms with Crippen molar-refractivity contribution >= 4 is 15.9 Å². The fraction of sp³-hybridized carbons (Fsp3) is 0.500. The van der Waals surface area contributed by atoms with E-state index in [1.807, 2.05) is 6.92 Å². The normalized spacial score (nSPS) is 11.7. The molecule has 102 valence electrons. The van der Waals surface area contributed by atoms with Gasteiger partial charge in [-0.1, -0.05) is 22.9 Å². The van der Waals surface area contributed by atoms with Gasteiger partial charge in [-0.3, -0.25) is 0 Å². The zero-order valence-corrected chi connectivity index (χ0v) is 11.8. The lowest BCUT2D eigenvalue weighted by Gasteiger charge is -2.16. The lowest BCUT2D eigenvalue weighted by atomic mass is 10.1. The molecule has 0 atom stereocenters. The Labute approximate surface area is 113 Å². The van der Waals surface area contributed by atoms with Crippen LogP contribution in [0.3, 0.4) is 0 Å². The number of ether oxygens (including phenoxy) is 1. The van der Waals surface area contributed by atoms with Crippen LogP contribution in [0, 0.1) is 6.92 Å². The van der Waals surface area contributed by atoms with Crippen LogP contribution < -0.4 is 10.1 Å². The molecule has 0 saturated heterocycles. The van der Waals surface area contributed by atoms with Crippen molar-refractivity contribution in [1.82, 2.24) is 5.32 Å². The second-order valence-corrected chi connectivity index (χ2v) is 4.81. The molecule has 1 aromatic carbocycles. The maximum absolute atomic E-state index is 12.2. The van der Waals surface area contributed by atoms with Gasteiger partial charge in [-0.05, 0) is 31.2 Å². The number of rotatable bonds is 5. The number of hydrogen-bond acceptors (Lipinski definition) is 2. The molecular weight excluding hydrogens is 311 g/mol. The minimum atomic E-state index is -4.32. The largest absolute Gasteiger partial charge is 0.484 e. The molecule has 0 spiro atoms. The average Bonchev–Trinajstić information content (AvgIpc) is 2.23. The summed E-state index contributed by atoms with van der Waals surface area (Å²) in [5.74, 6) is 0.302. The highest BCUT2D eigenvalue weighted by Crippen LogP contribution is 2.29. The summed E-state index contributed by atoms with van der Waals surface area (Å²) < 4.78 is 42.3. The number of halogens is 4. The van der Waals surface area contributed by atoms with Crippen LogP contribution in [-0.4, -0.2) is 19.3 Å². The first-order valence-electron chi connectivity index (χ1n) is 5.52. The van der Waals surface area contributed by atoms with E-state index in [4.69, 9.17) is 4.74 Å². The number of aryl methyl sites for hydroxylation is 1. The predicted molar refractivity (Wildman–Crippen MR) is 67.8 cm³/mol. The average molecular weight is 326 g/mol. The summed E-state index contributed by atoms with van der Waals surface area (Å²) in [7, 11) is 0. The Morgan fingerprint density at radius 1 is 1.33 bits per heavy atom. The molecule has 0 unspecified atom stereocenters. The summed E-state index contributed by atoms with van der Waals surface area (Å²) in [6.07, 6.45) is -4.32. The van der Waals surface area contributed by atoms with Gasteiger partial charge in [-0.15, -0.1) is 0 Å². The molecule has 0 bridgehead atoms. The molecule has 0 radical (unpaired) electrons. The van der Waals surface area contributed by atoms with E-state index in [0.717, 1.165) is 11.0 Å². The minimum absolute atomic E-state index is 0.302. The topological polar surface area (TPSA) is 21.3 Å². The SMILES string of the molecule is CCNCc1cc(Br)cc(C)c1OCC(F)(F)F. The van der Waals surface area contributed by atoms with Gasteiger partial charge in [0.1, 0.15) is 5.75 Å². The van der Waals surface area contributed by atoms with Gasteiger partial charge < -0.3 is 10.1 Å². The van der Waals surface area contributed by atoms with E-state index in [9.17, 15) is 13.2 Å². The molecule has 0 heterocycles. The van der Waals surface area contributed by atoms with Gasteiger partial charge in [0, 0.05) is 16.6 Å². The summed E-state index contributed by atoms with van der Waals surface area (Å²) in [4.78, 5) is 0. The molecule has 0 aliphatic rings. The number of benzene rings is 1. The number of alkyl halides is 3. The van der Waals surface area contributed by atoms with Crippen molar-refractivity contribution in [1.29, 1.82) is 0 Å². The van der Waals surface area contributed by atoms with E-state index in [1.54, 1.807) is 19.1 Å². The molecule has 0 fully saturated rings. The number of hydrogen-bond donors (Lipinski definition) is 1. The molecular formula is C12H15BrF3NO. The summed E-state index contributed by atoms with van der Waals surface area (Å²) in [6.45, 7) is 3.61. The Kier molecular flexibility index (Phi) is 5.47. The van der Waals surface area contributed by atoms with Crippen LogP contribution in [-0.2, 0) is 6.54 Å². The Bertz CT molecular complexity index is 407. The van der Waals surface area contributed by atoms with Crippen LogP contribution in [0.5, 0.6) is 5.75 Å². The van der Waals surface area contributed by atoms with E-state index < -0.39 is 12.8 Å². The molecule has 0 aromatic heterocycles. The predicted octanol–water partition coefficient (Wildman–Crippen LogP) is 3.81. The van der Waals surface area contributed by atoms with E-state index in [1.165, 1.54) is 0 Å². The van der Waals surface area contributed by atoms with Gasteiger partial charge in [0.15, 0.2) is 6.61 Å². The van der Waals surface area contributed by atoms with Gasteiger partial charge >= 0.3 is 6.18 Å². The van der Waals surface area contributed by atoms with Crippen LogP contribution in [0.25, 0.3) is 0 Å².